The van der Waals surface area contributed by atoms with Crippen LogP contribution < -0.4 is 0 Å². The fourth-order valence-corrected chi connectivity index (χ4v) is 1.43. The number of hydrogen-bond acceptors (Lipinski definition) is 3. The molecule has 96 valence electrons. The molecule has 1 aromatic carbocycles. The van der Waals surface area contributed by atoms with Crippen LogP contribution in [0.4, 0.5) is 0 Å². The maximum atomic E-state index is 12.0. The second kappa shape index (κ2) is 6.51. The third-order valence-electron chi connectivity index (χ3n) is 2.01. The van der Waals surface area contributed by atoms with Crippen LogP contribution in [0.25, 0.3) is 0 Å². The van der Waals surface area contributed by atoms with Gasteiger partial charge in [0, 0.05) is 17.7 Å². The van der Waals surface area contributed by atoms with Gasteiger partial charge in [-0.1, -0.05) is 24.0 Å². The number of ether oxygens (including phenoxy) is 1. The summed E-state index contributed by atoms with van der Waals surface area (Å²) in [6.45, 7) is 5.54. The second-order valence-corrected chi connectivity index (χ2v) is 5.27. The summed E-state index contributed by atoms with van der Waals surface area (Å²) in [6.07, 6.45) is 0.700. The summed E-state index contributed by atoms with van der Waals surface area (Å²) in [5.74, 6) is 6.33. The van der Waals surface area contributed by atoms with E-state index in [1.807, 2.05) is 39.0 Å². The fraction of sp³-hybridized carbons (Fsp3) is 0.400. The maximum Gasteiger partial charge on any atom is 0.339 e. The Bertz CT molecular complexity index is 475. The number of hydrogen-bond donors (Lipinski definition) is 1. The number of rotatable bonds is 2. The lowest BCUT2D eigenvalue weighted by atomic mass is 10.1. The van der Waals surface area contributed by atoms with Gasteiger partial charge >= 0.3 is 5.97 Å². The number of carbonyl (C=O) groups is 1. The highest BCUT2D eigenvalue weighted by atomic mass is 32.1. The molecule has 2 nitrogen and oxygen atoms in total. The standard InChI is InChI=1S/C15H18O2S/c1-15(2,3)17-14(16)13-10-5-4-8-12(13)9-6-7-11-18/h4-5,8,10,18H,7,11H2,1-3H3. The van der Waals surface area contributed by atoms with Gasteiger partial charge in [0.1, 0.15) is 5.60 Å². The first kappa shape index (κ1) is 14.7. The lowest BCUT2D eigenvalue weighted by Crippen LogP contribution is -2.24. The molecule has 0 atom stereocenters. The summed E-state index contributed by atoms with van der Waals surface area (Å²) in [5, 5.41) is 0. The normalized spacial score (nSPS) is 10.4. The van der Waals surface area contributed by atoms with E-state index in [1.165, 1.54) is 0 Å². The van der Waals surface area contributed by atoms with Crippen molar-refractivity contribution in [2.75, 3.05) is 5.75 Å². The van der Waals surface area contributed by atoms with Gasteiger partial charge in [-0.25, -0.2) is 4.79 Å². The van der Waals surface area contributed by atoms with Crippen molar-refractivity contribution in [1.82, 2.24) is 0 Å². The van der Waals surface area contributed by atoms with Crippen LogP contribution in [0.1, 0.15) is 43.1 Å². The van der Waals surface area contributed by atoms with Gasteiger partial charge in [-0.2, -0.15) is 12.6 Å². The first-order valence-corrected chi connectivity index (χ1v) is 6.49. The molecule has 1 rings (SSSR count). The quantitative estimate of drug-likeness (QED) is 0.503. The van der Waals surface area contributed by atoms with Crippen molar-refractivity contribution in [2.45, 2.75) is 32.8 Å². The predicted octanol–water partition coefficient (Wildman–Crippen LogP) is 3.31. The summed E-state index contributed by atoms with van der Waals surface area (Å²) in [7, 11) is 0. The zero-order chi connectivity index (χ0) is 13.6. The van der Waals surface area contributed by atoms with Crippen LogP contribution in [0.5, 0.6) is 0 Å². The Labute approximate surface area is 114 Å². The molecular weight excluding hydrogens is 244 g/mol. The van der Waals surface area contributed by atoms with Crippen molar-refractivity contribution in [2.24, 2.45) is 0 Å². The van der Waals surface area contributed by atoms with Crippen molar-refractivity contribution in [3.63, 3.8) is 0 Å². The highest BCUT2D eigenvalue weighted by Gasteiger charge is 2.19. The molecule has 0 heterocycles. The lowest BCUT2D eigenvalue weighted by Gasteiger charge is -2.19. The minimum Gasteiger partial charge on any atom is -0.456 e. The minimum atomic E-state index is -0.497. The summed E-state index contributed by atoms with van der Waals surface area (Å²) in [4.78, 5) is 12.0. The van der Waals surface area contributed by atoms with Crippen molar-refractivity contribution in [3.05, 3.63) is 35.4 Å². The van der Waals surface area contributed by atoms with E-state index >= 15 is 0 Å². The van der Waals surface area contributed by atoms with Gasteiger partial charge in [0.15, 0.2) is 0 Å². The summed E-state index contributed by atoms with van der Waals surface area (Å²) >= 11 is 4.10. The number of esters is 1. The fourth-order valence-electron chi connectivity index (χ4n) is 1.32. The lowest BCUT2D eigenvalue weighted by molar-refractivity contribution is 0.00693. The zero-order valence-electron chi connectivity index (χ0n) is 11.0. The molecule has 1 aromatic rings. The van der Waals surface area contributed by atoms with Gasteiger partial charge in [0.2, 0.25) is 0 Å². The number of carbonyl (C=O) groups excluding carboxylic acids is 1. The van der Waals surface area contributed by atoms with Gasteiger partial charge in [-0.05, 0) is 32.9 Å². The van der Waals surface area contributed by atoms with E-state index in [0.717, 1.165) is 0 Å². The van der Waals surface area contributed by atoms with E-state index in [2.05, 4.69) is 24.5 Å². The van der Waals surface area contributed by atoms with Crippen molar-refractivity contribution >= 4 is 18.6 Å². The Morgan fingerprint density at radius 2 is 2.00 bits per heavy atom. The molecule has 0 saturated heterocycles. The highest BCUT2D eigenvalue weighted by molar-refractivity contribution is 7.80. The van der Waals surface area contributed by atoms with E-state index in [-0.39, 0.29) is 5.97 Å². The van der Waals surface area contributed by atoms with Crippen molar-refractivity contribution in [3.8, 4) is 11.8 Å². The van der Waals surface area contributed by atoms with Gasteiger partial charge in [0.25, 0.3) is 0 Å². The van der Waals surface area contributed by atoms with Crippen LogP contribution in [0, 0.1) is 11.8 Å². The topological polar surface area (TPSA) is 26.3 Å². The van der Waals surface area contributed by atoms with Crippen LogP contribution in [0.15, 0.2) is 24.3 Å². The molecule has 0 unspecified atom stereocenters. The van der Waals surface area contributed by atoms with Crippen LogP contribution in [0.3, 0.4) is 0 Å². The Hall–Kier alpha value is -1.40. The van der Waals surface area contributed by atoms with Crippen LogP contribution in [0.2, 0.25) is 0 Å². The molecule has 0 bridgehead atoms. The van der Waals surface area contributed by atoms with E-state index in [4.69, 9.17) is 4.74 Å². The van der Waals surface area contributed by atoms with E-state index in [1.54, 1.807) is 6.07 Å². The maximum absolute atomic E-state index is 12.0. The van der Waals surface area contributed by atoms with Crippen LogP contribution in [-0.4, -0.2) is 17.3 Å². The van der Waals surface area contributed by atoms with Crippen molar-refractivity contribution in [1.29, 1.82) is 0 Å². The molecule has 0 fully saturated rings. The SMILES string of the molecule is CC(C)(C)OC(=O)c1ccccc1C#CCCS. The Balaban J connectivity index is 2.96. The minimum absolute atomic E-state index is 0.335. The monoisotopic (exact) mass is 262 g/mol. The molecule has 0 aliphatic carbocycles. The van der Waals surface area contributed by atoms with E-state index in [0.29, 0.717) is 23.3 Å². The molecule has 0 spiro atoms. The zero-order valence-corrected chi connectivity index (χ0v) is 11.9. The first-order valence-electron chi connectivity index (χ1n) is 5.86. The molecule has 18 heavy (non-hydrogen) atoms. The number of benzene rings is 1. The molecule has 0 aromatic heterocycles. The first-order chi connectivity index (χ1) is 8.44. The smallest absolute Gasteiger partial charge is 0.339 e. The van der Waals surface area contributed by atoms with Gasteiger partial charge in [-0.3, -0.25) is 0 Å². The molecule has 3 heteroatoms. The average molecular weight is 262 g/mol. The van der Waals surface area contributed by atoms with Crippen LogP contribution >= 0.6 is 12.6 Å². The largest absolute Gasteiger partial charge is 0.456 e. The van der Waals surface area contributed by atoms with E-state index < -0.39 is 5.60 Å². The molecule has 0 radical (unpaired) electrons. The third kappa shape index (κ3) is 4.85. The van der Waals surface area contributed by atoms with Gasteiger partial charge < -0.3 is 4.74 Å². The van der Waals surface area contributed by atoms with Gasteiger partial charge in [-0.15, -0.1) is 0 Å². The molecule has 0 saturated carbocycles. The highest BCUT2D eigenvalue weighted by Crippen LogP contribution is 2.15. The summed E-state index contributed by atoms with van der Waals surface area (Å²) < 4.78 is 5.35. The third-order valence-corrected chi connectivity index (χ3v) is 2.23. The molecule has 0 aliphatic heterocycles. The molecule has 0 aliphatic rings. The van der Waals surface area contributed by atoms with E-state index in [9.17, 15) is 4.79 Å². The summed E-state index contributed by atoms with van der Waals surface area (Å²) in [5.41, 5.74) is 0.718. The Kier molecular flexibility index (Phi) is 5.30. The molecule has 0 amide bonds. The second-order valence-electron chi connectivity index (χ2n) is 4.82. The Morgan fingerprint density at radius 1 is 1.33 bits per heavy atom. The summed E-state index contributed by atoms with van der Waals surface area (Å²) in [6, 6.07) is 7.23. The molecule has 0 N–H and O–H groups in total. The Morgan fingerprint density at radius 3 is 2.61 bits per heavy atom. The number of thiol groups is 1. The van der Waals surface area contributed by atoms with Gasteiger partial charge in [0.05, 0.1) is 5.56 Å². The van der Waals surface area contributed by atoms with Crippen molar-refractivity contribution < 1.29 is 9.53 Å². The van der Waals surface area contributed by atoms with Crippen LogP contribution in [-0.2, 0) is 4.74 Å². The molecular formula is C15H18O2S. The average Bonchev–Trinajstić information content (AvgIpc) is 2.27. The predicted molar refractivity (Wildman–Crippen MR) is 77.0 cm³/mol.